The van der Waals surface area contributed by atoms with Gasteiger partial charge in [0.25, 0.3) is 0 Å². The van der Waals surface area contributed by atoms with E-state index in [1.165, 1.54) is 6.07 Å². The number of para-hydroxylation sites is 1. The molecule has 0 aliphatic rings. The summed E-state index contributed by atoms with van der Waals surface area (Å²) in [6.45, 7) is 0. The number of rotatable bonds is 3. The summed E-state index contributed by atoms with van der Waals surface area (Å²) < 4.78 is 79.9. The molecule has 0 saturated heterocycles. The molecule has 0 unspecified atom stereocenters. The molecule has 0 aromatic heterocycles. The van der Waals surface area contributed by atoms with E-state index in [0.717, 1.165) is 24.3 Å². The summed E-state index contributed by atoms with van der Waals surface area (Å²) >= 11 is 5.59. The molecule has 0 aliphatic heterocycles. The molecule has 0 aliphatic carbocycles. The molecule has 0 N–H and O–H groups in total. The Morgan fingerprint density at radius 3 is 2.27 bits per heavy atom. The first-order chi connectivity index (χ1) is 10.1. The highest BCUT2D eigenvalue weighted by Gasteiger charge is 2.35. The second kappa shape index (κ2) is 5.77. The molecule has 0 spiro atoms. The molecular weight excluding hydrogens is 348 g/mol. The normalized spacial score (nSPS) is 12.2. The lowest BCUT2D eigenvalue weighted by atomic mass is 10.2. The Balaban J connectivity index is 2.46. The average Bonchev–Trinajstić information content (AvgIpc) is 2.36. The maximum Gasteiger partial charge on any atom is 0.420 e. The predicted octanol–water partition coefficient (Wildman–Crippen LogP) is 4.27. The van der Waals surface area contributed by atoms with Gasteiger partial charge in [0.1, 0.15) is 10.7 Å². The van der Waals surface area contributed by atoms with Crippen LogP contribution in [-0.2, 0) is 16.3 Å². The quantitative estimate of drug-likeness (QED) is 0.611. The molecule has 118 valence electrons. The Hall–Kier alpha value is -1.80. The Kier molecular flexibility index (Phi) is 4.35. The largest absolute Gasteiger partial charge is 0.420 e. The summed E-state index contributed by atoms with van der Waals surface area (Å²) in [6, 6.07) is 6.14. The second-order valence-corrected chi connectivity index (χ2v) is 6.03. The van der Waals surface area contributed by atoms with E-state index >= 15 is 0 Å². The van der Waals surface area contributed by atoms with E-state index in [9.17, 15) is 26.0 Å². The standard InChI is InChI=1S/C13H7ClF4O3S/c14-10-7-8(15)5-6-12(10)22(19,20)21-11-4-2-1-3-9(11)13(16,17)18/h1-7H. The summed E-state index contributed by atoms with van der Waals surface area (Å²) in [4.78, 5) is -0.632. The van der Waals surface area contributed by atoms with Gasteiger partial charge in [0.15, 0.2) is 5.75 Å². The molecule has 0 bridgehead atoms. The predicted molar refractivity (Wildman–Crippen MR) is 70.7 cm³/mol. The van der Waals surface area contributed by atoms with E-state index in [2.05, 4.69) is 4.18 Å². The van der Waals surface area contributed by atoms with Crippen molar-refractivity contribution in [3.8, 4) is 5.75 Å². The minimum atomic E-state index is -4.79. The Morgan fingerprint density at radius 1 is 1.05 bits per heavy atom. The van der Waals surface area contributed by atoms with E-state index < -0.39 is 43.3 Å². The Bertz CT molecular complexity index is 803. The van der Waals surface area contributed by atoms with Crippen LogP contribution in [0.3, 0.4) is 0 Å². The van der Waals surface area contributed by atoms with Crippen molar-refractivity contribution in [1.82, 2.24) is 0 Å². The molecule has 0 atom stereocenters. The van der Waals surface area contributed by atoms with E-state index in [1.54, 1.807) is 0 Å². The minimum absolute atomic E-state index is 0.496. The number of alkyl halides is 3. The molecule has 0 radical (unpaired) electrons. The summed E-state index contributed by atoms with van der Waals surface area (Å²) in [6.07, 6.45) is -4.79. The zero-order valence-electron chi connectivity index (χ0n) is 10.6. The minimum Gasteiger partial charge on any atom is -0.378 e. The molecule has 0 amide bonds. The third kappa shape index (κ3) is 3.50. The lowest BCUT2D eigenvalue weighted by Crippen LogP contribution is -2.14. The van der Waals surface area contributed by atoms with E-state index in [1.807, 2.05) is 0 Å². The van der Waals surface area contributed by atoms with Crippen LogP contribution in [0.2, 0.25) is 5.02 Å². The van der Waals surface area contributed by atoms with Crippen molar-refractivity contribution in [2.24, 2.45) is 0 Å². The smallest absolute Gasteiger partial charge is 0.378 e. The SMILES string of the molecule is O=S(=O)(Oc1ccccc1C(F)(F)F)c1ccc(F)cc1Cl. The molecular formula is C13H7ClF4O3S. The molecule has 22 heavy (non-hydrogen) atoms. The van der Waals surface area contributed by atoms with E-state index in [-0.39, 0.29) is 0 Å². The first-order valence-electron chi connectivity index (χ1n) is 5.67. The zero-order valence-corrected chi connectivity index (χ0v) is 12.1. The van der Waals surface area contributed by atoms with Gasteiger partial charge in [0, 0.05) is 0 Å². The topological polar surface area (TPSA) is 43.4 Å². The molecule has 2 rings (SSSR count). The van der Waals surface area contributed by atoms with E-state index in [0.29, 0.717) is 12.1 Å². The number of hydrogen-bond acceptors (Lipinski definition) is 3. The molecule has 2 aromatic carbocycles. The third-order valence-corrected chi connectivity index (χ3v) is 4.27. The van der Waals surface area contributed by atoms with Crippen molar-refractivity contribution < 1.29 is 30.2 Å². The molecule has 0 saturated carbocycles. The monoisotopic (exact) mass is 354 g/mol. The molecule has 9 heteroatoms. The van der Waals surface area contributed by atoms with Crippen molar-refractivity contribution >= 4 is 21.7 Å². The lowest BCUT2D eigenvalue weighted by molar-refractivity contribution is -0.138. The molecule has 0 fully saturated rings. The third-order valence-electron chi connectivity index (χ3n) is 2.56. The van der Waals surface area contributed by atoms with Crippen LogP contribution in [0.1, 0.15) is 5.56 Å². The number of benzene rings is 2. The zero-order chi connectivity index (χ0) is 16.5. The first-order valence-corrected chi connectivity index (χ1v) is 7.45. The van der Waals surface area contributed by atoms with Crippen LogP contribution >= 0.6 is 11.6 Å². The summed E-state index contributed by atoms with van der Waals surface area (Å²) in [7, 11) is -4.64. The van der Waals surface area contributed by atoms with Crippen molar-refractivity contribution in [3.63, 3.8) is 0 Å². The Labute approximate surface area is 128 Å². The lowest BCUT2D eigenvalue weighted by Gasteiger charge is -2.14. The van der Waals surface area contributed by atoms with Gasteiger partial charge >= 0.3 is 16.3 Å². The van der Waals surface area contributed by atoms with Gasteiger partial charge in [-0.2, -0.15) is 21.6 Å². The summed E-state index contributed by atoms with van der Waals surface area (Å²) in [5.41, 5.74) is -1.25. The van der Waals surface area contributed by atoms with Crippen LogP contribution < -0.4 is 4.18 Å². The van der Waals surface area contributed by atoms with E-state index in [4.69, 9.17) is 11.6 Å². The van der Waals surface area contributed by atoms with Gasteiger partial charge in [-0.25, -0.2) is 4.39 Å². The fourth-order valence-electron chi connectivity index (χ4n) is 1.61. The summed E-state index contributed by atoms with van der Waals surface area (Å²) in [5.74, 6) is -1.69. The van der Waals surface area contributed by atoms with Crippen LogP contribution in [0.25, 0.3) is 0 Å². The van der Waals surface area contributed by atoms with Crippen molar-refractivity contribution in [3.05, 3.63) is 58.9 Å². The van der Waals surface area contributed by atoms with Crippen LogP contribution in [0.5, 0.6) is 5.75 Å². The highest BCUT2D eigenvalue weighted by Crippen LogP contribution is 2.37. The van der Waals surface area contributed by atoms with Gasteiger partial charge in [0.05, 0.1) is 10.6 Å². The first kappa shape index (κ1) is 16.6. The van der Waals surface area contributed by atoms with Gasteiger partial charge in [-0.3, -0.25) is 0 Å². The fraction of sp³-hybridized carbons (Fsp3) is 0.0769. The van der Waals surface area contributed by atoms with Crippen LogP contribution in [0.4, 0.5) is 17.6 Å². The highest BCUT2D eigenvalue weighted by atomic mass is 35.5. The van der Waals surface area contributed by atoms with Crippen LogP contribution in [-0.4, -0.2) is 8.42 Å². The van der Waals surface area contributed by atoms with Crippen molar-refractivity contribution in [2.75, 3.05) is 0 Å². The maximum atomic E-state index is 12.9. The summed E-state index contributed by atoms with van der Waals surface area (Å²) in [5, 5.41) is -0.496. The van der Waals surface area contributed by atoms with Crippen molar-refractivity contribution in [2.45, 2.75) is 11.1 Å². The van der Waals surface area contributed by atoms with Gasteiger partial charge in [0.2, 0.25) is 0 Å². The van der Waals surface area contributed by atoms with Crippen molar-refractivity contribution in [1.29, 1.82) is 0 Å². The number of halogens is 5. The van der Waals surface area contributed by atoms with Gasteiger partial charge in [-0.05, 0) is 30.3 Å². The molecule has 3 nitrogen and oxygen atoms in total. The highest BCUT2D eigenvalue weighted by molar-refractivity contribution is 7.87. The van der Waals surface area contributed by atoms with Gasteiger partial charge in [-0.1, -0.05) is 23.7 Å². The van der Waals surface area contributed by atoms with Crippen LogP contribution in [0.15, 0.2) is 47.4 Å². The fourth-order valence-corrected chi connectivity index (χ4v) is 3.07. The van der Waals surface area contributed by atoms with Gasteiger partial charge < -0.3 is 4.18 Å². The molecule has 0 heterocycles. The second-order valence-electron chi connectivity index (χ2n) is 4.11. The number of hydrogen-bond donors (Lipinski definition) is 0. The Morgan fingerprint density at radius 2 is 1.68 bits per heavy atom. The van der Waals surface area contributed by atoms with Gasteiger partial charge in [-0.15, -0.1) is 0 Å². The molecule has 2 aromatic rings. The average molecular weight is 355 g/mol. The van der Waals surface area contributed by atoms with Crippen LogP contribution in [0, 0.1) is 5.82 Å². The maximum absolute atomic E-state index is 12.9.